The normalized spacial score (nSPS) is 20.5. The SMILES string of the molecule is Nc1ncnc2c1ncn2C1CCC(C(=O)Nc2cccnc2)CC1. The topological polar surface area (TPSA) is 112 Å². The van der Waals surface area contributed by atoms with Gasteiger partial charge in [0.2, 0.25) is 5.91 Å². The monoisotopic (exact) mass is 337 g/mol. The maximum Gasteiger partial charge on any atom is 0.227 e. The Balaban J connectivity index is 1.42. The lowest BCUT2D eigenvalue weighted by Gasteiger charge is -2.28. The summed E-state index contributed by atoms with van der Waals surface area (Å²) in [4.78, 5) is 29.1. The van der Waals surface area contributed by atoms with Crippen molar-refractivity contribution in [2.75, 3.05) is 11.1 Å². The maximum atomic E-state index is 12.4. The number of anilines is 2. The molecule has 3 aromatic heterocycles. The van der Waals surface area contributed by atoms with Crippen molar-refractivity contribution in [3.63, 3.8) is 0 Å². The van der Waals surface area contributed by atoms with E-state index < -0.39 is 0 Å². The number of amides is 1. The molecule has 25 heavy (non-hydrogen) atoms. The molecular weight excluding hydrogens is 318 g/mol. The molecule has 0 radical (unpaired) electrons. The number of hydrogen-bond acceptors (Lipinski definition) is 6. The van der Waals surface area contributed by atoms with Crippen molar-refractivity contribution in [1.82, 2.24) is 24.5 Å². The average Bonchev–Trinajstić information content (AvgIpc) is 3.08. The lowest BCUT2D eigenvalue weighted by atomic mass is 9.85. The Morgan fingerprint density at radius 2 is 2.04 bits per heavy atom. The summed E-state index contributed by atoms with van der Waals surface area (Å²) in [7, 11) is 0. The van der Waals surface area contributed by atoms with Crippen LogP contribution in [-0.4, -0.2) is 30.4 Å². The summed E-state index contributed by atoms with van der Waals surface area (Å²) in [5.74, 6) is 0.479. The van der Waals surface area contributed by atoms with Crippen molar-refractivity contribution in [2.24, 2.45) is 5.92 Å². The second-order valence-corrected chi connectivity index (χ2v) is 6.32. The molecular formula is C17H19N7O. The third-order valence-electron chi connectivity index (χ3n) is 4.78. The highest BCUT2D eigenvalue weighted by Crippen LogP contribution is 2.34. The van der Waals surface area contributed by atoms with Crippen LogP contribution in [0.2, 0.25) is 0 Å². The number of carbonyl (C=O) groups excluding carboxylic acids is 1. The fourth-order valence-electron chi connectivity index (χ4n) is 3.43. The number of aromatic nitrogens is 5. The molecule has 8 heteroatoms. The van der Waals surface area contributed by atoms with E-state index in [1.165, 1.54) is 6.33 Å². The van der Waals surface area contributed by atoms with Crippen molar-refractivity contribution < 1.29 is 4.79 Å². The van der Waals surface area contributed by atoms with Crippen molar-refractivity contribution >= 4 is 28.6 Å². The van der Waals surface area contributed by atoms with E-state index in [1.807, 2.05) is 12.1 Å². The molecule has 0 spiro atoms. The van der Waals surface area contributed by atoms with E-state index >= 15 is 0 Å². The zero-order chi connectivity index (χ0) is 17.2. The molecule has 3 heterocycles. The summed E-state index contributed by atoms with van der Waals surface area (Å²) in [6.07, 6.45) is 10.0. The van der Waals surface area contributed by atoms with Crippen LogP contribution in [0, 0.1) is 5.92 Å². The Bertz CT molecular complexity index is 884. The smallest absolute Gasteiger partial charge is 0.227 e. The fourth-order valence-corrected chi connectivity index (χ4v) is 3.43. The number of nitrogens with one attached hydrogen (secondary N) is 1. The fraction of sp³-hybridized carbons (Fsp3) is 0.353. The number of nitrogen functional groups attached to an aromatic ring is 1. The highest BCUT2D eigenvalue weighted by Gasteiger charge is 2.28. The third kappa shape index (κ3) is 3.02. The Morgan fingerprint density at radius 1 is 1.20 bits per heavy atom. The first-order chi connectivity index (χ1) is 12.2. The van der Waals surface area contributed by atoms with E-state index in [1.54, 1.807) is 18.7 Å². The number of nitrogens with zero attached hydrogens (tertiary/aromatic N) is 5. The first kappa shape index (κ1) is 15.5. The van der Waals surface area contributed by atoms with Crippen LogP contribution in [0.4, 0.5) is 11.5 Å². The number of imidazole rings is 1. The average molecular weight is 337 g/mol. The van der Waals surface area contributed by atoms with E-state index in [4.69, 9.17) is 5.73 Å². The van der Waals surface area contributed by atoms with E-state index in [-0.39, 0.29) is 17.9 Å². The number of nitrogens with two attached hydrogens (primary N) is 1. The van der Waals surface area contributed by atoms with Crippen LogP contribution in [-0.2, 0) is 4.79 Å². The molecule has 3 aromatic rings. The van der Waals surface area contributed by atoms with Crippen LogP contribution in [0.25, 0.3) is 11.2 Å². The molecule has 1 aliphatic rings. The summed E-state index contributed by atoms with van der Waals surface area (Å²) in [6, 6.07) is 3.93. The second-order valence-electron chi connectivity index (χ2n) is 6.32. The van der Waals surface area contributed by atoms with Gasteiger partial charge in [-0.15, -0.1) is 0 Å². The Morgan fingerprint density at radius 3 is 2.80 bits per heavy atom. The predicted molar refractivity (Wildman–Crippen MR) is 93.6 cm³/mol. The molecule has 0 unspecified atom stereocenters. The van der Waals surface area contributed by atoms with Gasteiger partial charge in [-0.1, -0.05) is 0 Å². The van der Waals surface area contributed by atoms with E-state index in [0.717, 1.165) is 37.0 Å². The molecule has 0 aromatic carbocycles. The van der Waals surface area contributed by atoms with Gasteiger partial charge in [-0.3, -0.25) is 9.78 Å². The number of hydrogen-bond donors (Lipinski definition) is 2. The standard InChI is InChI=1S/C17H19N7O/c18-15-14-16(21-9-20-15)24(10-22-14)13-5-3-11(4-6-13)17(25)23-12-2-1-7-19-8-12/h1-2,7-11,13H,3-6H2,(H,23,25)(H2,18,20,21). The first-order valence-corrected chi connectivity index (χ1v) is 8.36. The molecule has 3 N–H and O–H groups in total. The number of rotatable bonds is 3. The van der Waals surface area contributed by atoms with Gasteiger partial charge in [0.15, 0.2) is 11.5 Å². The second kappa shape index (κ2) is 6.46. The Hall–Kier alpha value is -3.03. The summed E-state index contributed by atoms with van der Waals surface area (Å²) in [5.41, 5.74) is 7.99. The quantitative estimate of drug-likeness (QED) is 0.757. The van der Waals surface area contributed by atoms with Crippen molar-refractivity contribution in [3.05, 3.63) is 37.2 Å². The molecule has 0 saturated heterocycles. The van der Waals surface area contributed by atoms with Gasteiger partial charge in [0.05, 0.1) is 18.2 Å². The minimum atomic E-state index is 0.0194. The van der Waals surface area contributed by atoms with Gasteiger partial charge in [0, 0.05) is 18.2 Å². The molecule has 4 rings (SSSR count). The lowest BCUT2D eigenvalue weighted by molar-refractivity contribution is -0.120. The minimum absolute atomic E-state index is 0.0194. The van der Waals surface area contributed by atoms with E-state index in [0.29, 0.717) is 11.3 Å². The Kier molecular flexibility index (Phi) is 4.01. The van der Waals surface area contributed by atoms with Crippen molar-refractivity contribution in [3.8, 4) is 0 Å². The van der Waals surface area contributed by atoms with Crippen molar-refractivity contribution in [1.29, 1.82) is 0 Å². The van der Waals surface area contributed by atoms with Crippen LogP contribution in [0.5, 0.6) is 0 Å². The van der Waals surface area contributed by atoms with Gasteiger partial charge < -0.3 is 15.6 Å². The summed E-state index contributed by atoms with van der Waals surface area (Å²) in [5, 5.41) is 2.94. The van der Waals surface area contributed by atoms with Crippen LogP contribution < -0.4 is 11.1 Å². The minimum Gasteiger partial charge on any atom is -0.382 e. The zero-order valence-electron chi connectivity index (χ0n) is 13.7. The van der Waals surface area contributed by atoms with Crippen LogP contribution >= 0.6 is 0 Å². The van der Waals surface area contributed by atoms with Gasteiger partial charge in [-0.05, 0) is 37.8 Å². The molecule has 0 aliphatic heterocycles. The third-order valence-corrected chi connectivity index (χ3v) is 4.78. The highest BCUT2D eigenvalue weighted by molar-refractivity contribution is 5.92. The summed E-state index contributed by atoms with van der Waals surface area (Å²) >= 11 is 0. The van der Waals surface area contributed by atoms with Crippen molar-refractivity contribution in [2.45, 2.75) is 31.7 Å². The summed E-state index contributed by atoms with van der Waals surface area (Å²) < 4.78 is 2.06. The predicted octanol–water partition coefficient (Wildman–Crippen LogP) is 2.17. The number of fused-ring (bicyclic) bond motifs is 1. The lowest BCUT2D eigenvalue weighted by Crippen LogP contribution is -2.28. The molecule has 1 saturated carbocycles. The van der Waals surface area contributed by atoms with Gasteiger partial charge in [-0.25, -0.2) is 15.0 Å². The van der Waals surface area contributed by atoms with Crippen LogP contribution in [0.1, 0.15) is 31.7 Å². The molecule has 0 bridgehead atoms. The number of pyridine rings is 1. The van der Waals surface area contributed by atoms with E-state index in [9.17, 15) is 4.79 Å². The Labute approximate surface area is 144 Å². The van der Waals surface area contributed by atoms with Gasteiger partial charge in [0.1, 0.15) is 11.8 Å². The molecule has 1 fully saturated rings. The molecule has 1 amide bonds. The van der Waals surface area contributed by atoms with Gasteiger partial charge in [0.25, 0.3) is 0 Å². The van der Waals surface area contributed by atoms with Crippen LogP contribution in [0.15, 0.2) is 37.2 Å². The van der Waals surface area contributed by atoms with E-state index in [2.05, 4.69) is 29.8 Å². The van der Waals surface area contributed by atoms with Gasteiger partial charge in [-0.2, -0.15) is 0 Å². The van der Waals surface area contributed by atoms with Gasteiger partial charge >= 0.3 is 0 Å². The highest BCUT2D eigenvalue weighted by atomic mass is 16.1. The number of carbonyl (C=O) groups is 1. The maximum absolute atomic E-state index is 12.4. The first-order valence-electron chi connectivity index (χ1n) is 8.36. The largest absolute Gasteiger partial charge is 0.382 e. The zero-order valence-corrected chi connectivity index (χ0v) is 13.7. The van der Waals surface area contributed by atoms with Crippen LogP contribution in [0.3, 0.4) is 0 Å². The molecule has 8 nitrogen and oxygen atoms in total. The molecule has 0 atom stereocenters. The molecule has 1 aliphatic carbocycles. The molecule has 128 valence electrons. The summed E-state index contributed by atoms with van der Waals surface area (Å²) in [6.45, 7) is 0.